The van der Waals surface area contributed by atoms with Crippen molar-refractivity contribution in [1.29, 1.82) is 0 Å². The number of thiol groups is 2. The maximum atomic E-state index is 9.76. The summed E-state index contributed by atoms with van der Waals surface area (Å²) in [6.07, 6.45) is 1.62. The Labute approximate surface area is 61.3 Å². The van der Waals surface area contributed by atoms with E-state index in [0.717, 1.165) is 18.4 Å². The van der Waals surface area contributed by atoms with Gasteiger partial charge in [-0.25, -0.2) is 0 Å². The first kappa shape index (κ1) is 8.43. The molecular weight excluding hydrogens is 139 g/mol. The zero-order valence-corrected chi connectivity index (χ0v) is 6.24. The van der Waals surface area contributed by atoms with Crippen LogP contribution in [0.3, 0.4) is 0 Å². The Balaban J connectivity index is 3.03. The molecular formula is C4H8BOS2. The Bertz CT molecular complexity index is 69.1. The molecule has 0 aliphatic rings. The topological polar surface area (TPSA) is 17.1 Å². The molecule has 0 saturated carbocycles. The van der Waals surface area contributed by atoms with E-state index in [1.165, 1.54) is 7.28 Å². The van der Waals surface area contributed by atoms with Crippen molar-refractivity contribution in [3.05, 3.63) is 0 Å². The highest BCUT2D eigenvalue weighted by molar-refractivity contribution is 7.83. The fourth-order valence-electron chi connectivity index (χ4n) is 0.319. The fourth-order valence-corrected chi connectivity index (χ4v) is 1.00. The number of hydrogen-bond acceptors (Lipinski definition) is 3. The fraction of sp³-hybridized carbons (Fsp3) is 0.750. The minimum atomic E-state index is 0.0880. The Morgan fingerprint density at radius 1 is 1.75 bits per heavy atom. The molecule has 0 N–H and O–H groups in total. The number of carbonyl (C=O) groups excluding carboxylic acids is 1. The number of hydrogen-bond donors (Lipinski definition) is 2. The van der Waals surface area contributed by atoms with Crippen LogP contribution in [0.4, 0.5) is 0 Å². The first-order chi connectivity index (χ1) is 3.81. The Morgan fingerprint density at radius 3 is 2.75 bits per heavy atom. The molecule has 0 aromatic rings. The quantitative estimate of drug-likeness (QED) is 0.335. The van der Waals surface area contributed by atoms with E-state index < -0.39 is 0 Å². The van der Waals surface area contributed by atoms with Crippen molar-refractivity contribution in [2.75, 3.05) is 5.75 Å². The summed E-state index contributed by atoms with van der Waals surface area (Å²) in [5.74, 6) is 0.776. The lowest BCUT2D eigenvalue weighted by Crippen LogP contribution is -2.11. The molecule has 0 aliphatic heterocycles. The Kier molecular flexibility index (Phi) is 5.87. The standard InChI is InChI=1S/C4H8BOS2/c6-3-5-4(8)1-2-7/h3-4,7-8H,1-2H2. The zero-order chi connectivity index (χ0) is 6.41. The molecule has 0 spiro atoms. The summed E-state index contributed by atoms with van der Waals surface area (Å²) in [5, 5.41) is 0.0880. The molecule has 0 bridgehead atoms. The summed E-state index contributed by atoms with van der Waals surface area (Å²) in [6, 6.07) is 0. The molecule has 1 nitrogen and oxygen atoms in total. The maximum absolute atomic E-state index is 9.76. The molecule has 45 valence electrons. The van der Waals surface area contributed by atoms with Crippen LogP contribution in [0.5, 0.6) is 0 Å². The molecule has 0 aliphatic carbocycles. The van der Waals surface area contributed by atoms with Crippen LogP contribution in [0.2, 0.25) is 0 Å². The van der Waals surface area contributed by atoms with E-state index in [-0.39, 0.29) is 5.15 Å². The van der Waals surface area contributed by atoms with E-state index in [1.54, 1.807) is 0 Å². The van der Waals surface area contributed by atoms with Crippen molar-refractivity contribution >= 4 is 38.7 Å². The van der Waals surface area contributed by atoms with E-state index in [1.807, 2.05) is 0 Å². The van der Waals surface area contributed by atoms with Crippen LogP contribution in [-0.4, -0.2) is 24.4 Å². The minimum Gasteiger partial charge on any atom is -0.315 e. The van der Waals surface area contributed by atoms with Crippen LogP contribution in [-0.2, 0) is 4.79 Å². The van der Waals surface area contributed by atoms with Crippen molar-refractivity contribution in [3.8, 4) is 0 Å². The zero-order valence-electron chi connectivity index (χ0n) is 4.45. The van der Waals surface area contributed by atoms with Gasteiger partial charge in [-0.2, -0.15) is 25.3 Å². The van der Waals surface area contributed by atoms with Crippen molar-refractivity contribution in [2.24, 2.45) is 0 Å². The molecule has 1 atom stereocenters. The summed E-state index contributed by atoms with van der Waals surface area (Å²) in [6.45, 7) is 0. The van der Waals surface area contributed by atoms with Crippen LogP contribution in [0, 0.1) is 0 Å². The third kappa shape index (κ3) is 4.59. The highest BCUT2D eigenvalue weighted by atomic mass is 32.1. The van der Waals surface area contributed by atoms with Crippen LogP contribution < -0.4 is 0 Å². The van der Waals surface area contributed by atoms with Crippen molar-refractivity contribution in [2.45, 2.75) is 11.6 Å². The van der Waals surface area contributed by atoms with Crippen molar-refractivity contribution in [3.63, 3.8) is 0 Å². The Hall–Kier alpha value is 0.435. The largest absolute Gasteiger partial charge is 0.315 e. The van der Waals surface area contributed by atoms with Crippen LogP contribution >= 0.6 is 25.3 Å². The van der Waals surface area contributed by atoms with E-state index >= 15 is 0 Å². The van der Waals surface area contributed by atoms with Gasteiger partial charge in [-0.1, -0.05) is 0 Å². The molecule has 0 aromatic heterocycles. The smallest absolute Gasteiger partial charge is 0.213 e. The van der Waals surface area contributed by atoms with Gasteiger partial charge < -0.3 is 4.79 Å². The van der Waals surface area contributed by atoms with Gasteiger partial charge in [0.15, 0.2) is 0 Å². The lowest BCUT2D eigenvalue weighted by Gasteiger charge is -1.99. The molecule has 4 heteroatoms. The molecule has 0 amide bonds. The van der Waals surface area contributed by atoms with E-state index in [0.29, 0.717) is 0 Å². The number of carbonyl (C=O) groups is 1. The second-order valence-electron chi connectivity index (χ2n) is 1.41. The van der Waals surface area contributed by atoms with Gasteiger partial charge in [0.2, 0.25) is 7.28 Å². The normalized spacial score (nSPS) is 12.8. The molecule has 1 radical (unpaired) electrons. The first-order valence-electron chi connectivity index (χ1n) is 2.39. The monoisotopic (exact) mass is 147 g/mol. The predicted octanol–water partition coefficient (Wildman–Crippen LogP) is 0.457. The molecule has 0 heterocycles. The highest BCUT2D eigenvalue weighted by Gasteiger charge is 2.00. The summed E-state index contributed by atoms with van der Waals surface area (Å²) >= 11 is 8.02. The van der Waals surface area contributed by atoms with Gasteiger partial charge in [0.1, 0.15) is 0 Å². The van der Waals surface area contributed by atoms with Crippen LogP contribution in [0.1, 0.15) is 6.42 Å². The van der Waals surface area contributed by atoms with Gasteiger partial charge in [-0.3, -0.25) is 0 Å². The van der Waals surface area contributed by atoms with E-state index in [4.69, 9.17) is 0 Å². The second kappa shape index (κ2) is 5.57. The predicted molar refractivity (Wildman–Crippen MR) is 43.7 cm³/mol. The minimum absolute atomic E-state index is 0.0880. The van der Waals surface area contributed by atoms with Crippen LogP contribution in [0.25, 0.3) is 0 Å². The molecule has 0 rings (SSSR count). The molecule has 0 fully saturated rings. The SMILES string of the molecule is O=C[B]C(S)CCS. The molecule has 0 aromatic carbocycles. The van der Waals surface area contributed by atoms with Crippen LogP contribution in [0.15, 0.2) is 0 Å². The van der Waals surface area contributed by atoms with Gasteiger partial charge >= 0.3 is 0 Å². The molecule has 8 heavy (non-hydrogen) atoms. The summed E-state index contributed by atoms with van der Waals surface area (Å²) in [5.41, 5.74) is 0. The van der Waals surface area contributed by atoms with E-state index in [9.17, 15) is 4.79 Å². The van der Waals surface area contributed by atoms with Gasteiger partial charge in [0, 0.05) is 0 Å². The lowest BCUT2D eigenvalue weighted by molar-refractivity contribution is 0.568. The highest BCUT2D eigenvalue weighted by Crippen LogP contribution is 1.98. The molecule has 1 unspecified atom stereocenters. The van der Waals surface area contributed by atoms with Gasteiger partial charge in [-0.05, 0) is 17.3 Å². The summed E-state index contributed by atoms with van der Waals surface area (Å²) in [4.78, 5) is 9.76. The third-order valence-corrected chi connectivity index (χ3v) is 1.41. The summed E-state index contributed by atoms with van der Waals surface area (Å²) < 4.78 is 0. The average molecular weight is 147 g/mol. The van der Waals surface area contributed by atoms with E-state index in [2.05, 4.69) is 25.3 Å². The Morgan fingerprint density at radius 2 is 2.38 bits per heavy atom. The van der Waals surface area contributed by atoms with Gasteiger partial charge in [0.25, 0.3) is 0 Å². The van der Waals surface area contributed by atoms with Gasteiger partial charge in [0.05, 0.1) is 6.19 Å². The first-order valence-corrected chi connectivity index (χ1v) is 3.53. The van der Waals surface area contributed by atoms with Gasteiger partial charge in [-0.15, -0.1) is 0 Å². The van der Waals surface area contributed by atoms with Crippen molar-refractivity contribution < 1.29 is 4.79 Å². The second-order valence-corrected chi connectivity index (χ2v) is 2.52. The molecule has 0 saturated heterocycles. The maximum Gasteiger partial charge on any atom is 0.213 e. The third-order valence-electron chi connectivity index (χ3n) is 0.726. The number of rotatable bonds is 4. The lowest BCUT2D eigenvalue weighted by atomic mass is 9.75. The van der Waals surface area contributed by atoms with Crippen molar-refractivity contribution in [1.82, 2.24) is 0 Å². The summed E-state index contributed by atoms with van der Waals surface area (Å²) in [7, 11) is 1.51. The average Bonchev–Trinajstić information content (AvgIpc) is 1.68.